The average Bonchev–Trinajstić information content (AvgIpc) is 3.62. The van der Waals surface area contributed by atoms with Gasteiger partial charge in [-0.15, -0.1) is 0 Å². The van der Waals surface area contributed by atoms with Gasteiger partial charge in [0.25, 0.3) is 5.91 Å². The number of carbonyl (C=O) groups is 1. The molecule has 0 spiro atoms. The number of rotatable bonds is 8. The topological polar surface area (TPSA) is 130 Å². The molecule has 40 heavy (non-hydrogen) atoms. The van der Waals surface area contributed by atoms with Crippen molar-refractivity contribution in [2.24, 2.45) is 0 Å². The quantitative estimate of drug-likeness (QED) is 0.423. The molecule has 1 saturated carbocycles. The van der Waals surface area contributed by atoms with E-state index < -0.39 is 10.0 Å². The average molecular weight is 564 g/mol. The zero-order valence-electron chi connectivity index (χ0n) is 22.6. The smallest absolute Gasteiger partial charge is 0.254 e. The first-order chi connectivity index (χ1) is 19.2. The molecule has 2 aliphatic heterocycles. The minimum atomic E-state index is -3.48. The number of ether oxygens (including phenoxy) is 1. The molecule has 1 aliphatic carbocycles. The standard InChI is InChI=1S/C28H33N7O4S/c1-18-12-22(9-11-35(18)27(36)19-8-10-29-26(13-19)33-40(2,37)38)34-16-20-15-30-28(32-25(20)17-34)31-21-4-3-5-24(14-21)39-23-6-7-23/h3-5,8,10,13-15,18,22-23H,6-7,9,11-12,16-17H2,1-2H3,(H,29,33)(H,30,31,32)/t18-,22+/m1/s1. The number of aromatic nitrogens is 3. The molecule has 2 atom stereocenters. The summed E-state index contributed by atoms with van der Waals surface area (Å²) >= 11 is 0. The minimum Gasteiger partial charge on any atom is -0.490 e. The third-order valence-corrected chi connectivity index (χ3v) is 8.10. The number of nitrogens with zero attached hydrogens (tertiary/aromatic N) is 5. The fourth-order valence-corrected chi connectivity index (χ4v) is 5.90. The largest absolute Gasteiger partial charge is 0.490 e. The van der Waals surface area contributed by atoms with Gasteiger partial charge in [-0.2, -0.15) is 0 Å². The summed E-state index contributed by atoms with van der Waals surface area (Å²) in [5.74, 6) is 1.44. The van der Waals surface area contributed by atoms with Crippen LogP contribution in [0, 0.1) is 0 Å². The lowest BCUT2D eigenvalue weighted by molar-refractivity contribution is 0.0460. The SMILES string of the molecule is C[C@@H]1C[C@@H](N2Cc3cnc(Nc4cccc(OC5CC5)c4)nc3C2)CCN1C(=O)c1ccnc(NS(C)(=O)=O)c1. The van der Waals surface area contributed by atoms with Crippen molar-refractivity contribution < 1.29 is 17.9 Å². The van der Waals surface area contributed by atoms with Crippen LogP contribution >= 0.6 is 0 Å². The molecule has 3 aromatic rings. The first kappa shape index (κ1) is 26.5. The molecule has 6 rings (SSSR count). The second-order valence-corrected chi connectivity index (χ2v) is 12.6. The highest BCUT2D eigenvalue weighted by molar-refractivity contribution is 7.92. The molecule has 2 aromatic heterocycles. The zero-order valence-corrected chi connectivity index (χ0v) is 23.4. The van der Waals surface area contributed by atoms with Crippen molar-refractivity contribution in [1.82, 2.24) is 24.8 Å². The Morgan fingerprint density at radius 2 is 1.95 bits per heavy atom. The molecule has 4 heterocycles. The van der Waals surface area contributed by atoms with Crippen LogP contribution in [-0.2, 0) is 23.1 Å². The van der Waals surface area contributed by atoms with E-state index in [1.54, 1.807) is 6.07 Å². The minimum absolute atomic E-state index is 0.0305. The molecule has 0 bridgehead atoms. The van der Waals surface area contributed by atoms with Crippen LogP contribution in [0.2, 0.25) is 0 Å². The first-order valence-electron chi connectivity index (χ1n) is 13.6. The van der Waals surface area contributed by atoms with Crippen LogP contribution in [-0.4, -0.2) is 70.1 Å². The number of amides is 1. The first-order valence-corrected chi connectivity index (χ1v) is 15.5. The maximum atomic E-state index is 13.3. The number of nitrogens with one attached hydrogen (secondary N) is 2. The van der Waals surface area contributed by atoms with Gasteiger partial charge in [0.2, 0.25) is 16.0 Å². The van der Waals surface area contributed by atoms with Crippen molar-refractivity contribution in [3.05, 3.63) is 65.6 Å². The second kappa shape index (κ2) is 10.7. The Morgan fingerprint density at radius 3 is 2.73 bits per heavy atom. The van der Waals surface area contributed by atoms with Crippen LogP contribution in [0.15, 0.2) is 48.8 Å². The Labute approximate surface area is 234 Å². The number of sulfonamides is 1. The van der Waals surface area contributed by atoms with Crippen molar-refractivity contribution >= 4 is 33.4 Å². The fraction of sp³-hybridized carbons (Fsp3) is 0.429. The van der Waals surface area contributed by atoms with Crippen LogP contribution in [0.4, 0.5) is 17.5 Å². The summed E-state index contributed by atoms with van der Waals surface area (Å²) in [7, 11) is -3.48. The van der Waals surface area contributed by atoms with E-state index in [4.69, 9.17) is 9.72 Å². The van der Waals surface area contributed by atoms with Gasteiger partial charge in [0, 0.05) is 67.0 Å². The number of carbonyl (C=O) groups excluding carboxylic acids is 1. The van der Waals surface area contributed by atoms with Gasteiger partial charge in [-0.25, -0.2) is 23.4 Å². The van der Waals surface area contributed by atoms with Crippen LogP contribution in [0.1, 0.15) is 54.2 Å². The number of fused-ring (bicyclic) bond motifs is 1. The van der Waals surface area contributed by atoms with Gasteiger partial charge >= 0.3 is 0 Å². The highest BCUT2D eigenvalue weighted by Crippen LogP contribution is 2.32. The van der Waals surface area contributed by atoms with Crippen molar-refractivity contribution in [2.75, 3.05) is 22.8 Å². The summed E-state index contributed by atoms with van der Waals surface area (Å²) in [5.41, 5.74) is 3.47. The van der Waals surface area contributed by atoms with E-state index in [-0.39, 0.29) is 17.8 Å². The van der Waals surface area contributed by atoms with Gasteiger partial charge in [-0.3, -0.25) is 14.4 Å². The molecule has 1 aromatic carbocycles. The maximum absolute atomic E-state index is 13.3. The van der Waals surface area contributed by atoms with Crippen LogP contribution < -0.4 is 14.8 Å². The predicted molar refractivity (Wildman–Crippen MR) is 151 cm³/mol. The lowest BCUT2D eigenvalue weighted by Gasteiger charge is -2.41. The lowest BCUT2D eigenvalue weighted by Crippen LogP contribution is -2.50. The Morgan fingerprint density at radius 1 is 1.10 bits per heavy atom. The second-order valence-electron chi connectivity index (χ2n) is 10.9. The van der Waals surface area contributed by atoms with Gasteiger partial charge in [0.05, 0.1) is 18.1 Å². The van der Waals surface area contributed by atoms with Gasteiger partial charge in [-0.1, -0.05) is 6.07 Å². The van der Waals surface area contributed by atoms with Gasteiger partial charge in [-0.05, 0) is 56.9 Å². The van der Waals surface area contributed by atoms with Crippen LogP contribution in [0.3, 0.4) is 0 Å². The van der Waals surface area contributed by atoms with E-state index in [9.17, 15) is 13.2 Å². The molecular weight excluding hydrogens is 530 g/mol. The highest BCUT2D eigenvalue weighted by Gasteiger charge is 2.35. The summed E-state index contributed by atoms with van der Waals surface area (Å²) in [6, 6.07) is 11.3. The Balaban J connectivity index is 1.06. The Hall–Kier alpha value is -3.77. The third-order valence-electron chi connectivity index (χ3n) is 7.52. The molecule has 11 nitrogen and oxygen atoms in total. The molecule has 0 radical (unpaired) electrons. The summed E-state index contributed by atoms with van der Waals surface area (Å²) in [6.07, 6.45) is 8.67. The number of pyridine rings is 1. The maximum Gasteiger partial charge on any atom is 0.254 e. The van der Waals surface area contributed by atoms with E-state index in [2.05, 4.69) is 31.8 Å². The molecule has 2 fully saturated rings. The van der Waals surface area contributed by atoms with E-state index in [0.29, 0.717) is 30.2 Å². The van der Waals surface area contributed by atoms with E-state index in [0.717, 1.165) is 67.7 Å². The lowest BCUT2D eigenvalue weighted by atomic mass is 9.96. The summed E-state index contributed by atoms with van der Waals surface area (Å²) < 4.78 is 31.3. The van der Waals surface area contributed by atoms with Crippen molar-refractivity contribution in [1.29, 1.82) is 0 Å². The van der Waals surface area contributed by atoms with Crippen molar-refractivity contribution in [3.63, 3.8) is 0 Å². The molecular formula is C28H33N7O4S. The van der Waals surface area contributed by atoms with Crippen LogP contribution in [0.25, 0.3) is 0 Å². The Kier molecular flexibility index (Phi) is 7.05. The number of hydrogen-bond acceptors (Lipinski definition) is 9. The van der Waals surface area contributed by atoms with Gasteiger partial charge in [0.15, 0.2) is 0 Å². The summed E-state index contributed by atoms with van der Waals surface area (Å²) in [4.78, 5) is 30.9. The number of hydrogen-bond donors (Lipinski definition) is 2. The zero-order chi connectivity index (χ0) is 27.9. The summed E-state index contributed by atoms with van der Waals surface area (Å²) in [5, 5.41) is 3.31. The molecule has 0 unspecified atom stereocenters. The van der Waals surface area contributed by atoms with Crippen molar-refractivity contribution in [3.8, 4) is 5.75 Å². The molecule has 210 valence electrons. The molecule has 3 aliphatic rings. The van der Waals surface area contributed by atoms with Crippen molar-refractivity contribution in [2.45, 2.75) is 63.9 Å². The highest BCUT2D eigenvalue weighted by atomic mass is 32.2. The molecule has 2 N–H and O–H groups in total. The molecule has 1 amide bonds. The molecule has 1 saturated heterocycles. The Bertz CT molecular complexity index is 1530. The fourth-order valence-electron chi connectivity index (χ4n) is 5.41. The number of anilines is 3. The third kappa shape index (κ3) is 6.18. The number of piperidine rings is 1. The van der Waals surface area contributed by atoms with E-state index in [1.807, 2.05) is 35.4 Å². The predicted octanol–water partition coefficient (Wildman–Crippen LogP) is 3.54. The number of benzene rings is 1. The molecule has 12 heteroatoms. The normalized spacial score (nSPS) is 21.1. The summed E-state index contributed by atoms with van der Waals surface area (Å²) in [6.45, 7) is 4.21. The van der Waals surface area contributed by atoms with Gasteiger partial charge < -0.3 is 15.0 Å². The van der Waals surface area contributed by atoms with E-state index >= 15 is 0 Å². The number of likely N-dealkylation sites (tertiary alicyclic amines) is 1. The van der Waals surface area contributed by atoms with Gasteiger partial charge in [0.1, 0.15) is 11.6 Å². The van der Waals surface area contributed by atoms with Crippen LogP contribution in [0.5, 0.6) is 5.75 Å². The monoisotopic (exact) mass is 563 g/mol. The van der Waals surface area contributed by atoms with E-state index in [1.165, 1.54) is 12.3 Å².